The van der Waals surface area contributed by atoms with Gasteiger partial charge < -0.3 is 15.2 Å². The molecule has 2 unspecified atom stereocenters. The Bertz CT molecular complexity index is 653. The van der Waals surface area contributed by atoms with E-state index in [2.05, 4.69) is 5.32 Å². The number of rotatable bonds is 6. The van der Waals surface area contributed by atoms with Crippen LogP contribution < -0.4 is 5.32 Å². The number of amides is 1. The fourth-order valence-electron chi connectivity index (χ4n) is 3.48. The summed E-state index contributed by atoms with van der Waals surface area (Å²) in [5, 5.41) is 12.5. The first-order valence-electron chi connectivity index (χ1n) is 8.36. The van der Waals surface area contributed by atoms with Gasteiger partial charge in [0.2, 0.25) is 5.91 Å². The summed E-state index contributed by atoms with van der Waals surface area (Å²) >= 11 is 0. The van der Waals surface area contributed by atoms with Crippen LogP contribution in [0.25, 0.3) is 0 Å². The first-order chi connectivity index (χ1) is 11.1. The van der Waals surface area contributed by atoms with Crippen molar-refractivity contribution in [3.63, 3.8) is 0 Å². The molecular weight excluding hydrogens is 306 g/mol. The molecule has 0 aliphatic heterocycles. The molecule has 1 amide bonds. The molecule has 1 aliphatic carbocycles. The molecule has 24 heavy (non-hydrogen) atoms. The Morgan fingerprint density at radius 3 is 2.54 bits per heavy atom. The van der Waals surface area contributed by atoms with Crippen LogP contribution in [0.1, 0.15) is 43.9 Å². The predicted molar refractivity (Wildman–Crippen MR) is 91.9 cm³/mol. The lowest BCUT2D eigenvalue weighted by molar-refractivity contribution is -0.194. The van der Waals surface area contributed by atoms with Crippen LogP contribution in [0.5, 0.6) is 0 Å². The average molecular weight is 333 g/mol. The molecule has 0 saturated heterocycles. The lowest BCUT2D eigenvalue weighted by atomic mass is 9.54. The monoisotopic (exact) mass is 333 g/mol. The summed E-state index contributed by atoms with van der Waals surface area (Å²) in [6, 6.07) is 5.94. The third-order valence-corrected chi connectivity index (χ3v) is 5.34. The van der Waals surface area contributed by atoms with Crippen molar-refractivity contribution in [3.8, 4) is 0 Å². The van der Waals surface area contributed by atoms with E-state index < -0.39 is 16.9 Å². The third-order valence-electron chi connectivity index (χ3n) is 5.34. The quantitative estimate of drug-likeness (QED) is 0.839. The molecule has 0 radical (unpaired) electrons. The van der Waals surface area contributed by atoms with E-state index in [-0.39, 0.29) is 18.4 Å². The number of carbonyl (C=O) groups excluding carboxylic acids is 1. The first kappa shape index (κ1) is 18.5. The highest BCUT2D eigenvalue weighted by Crippen LogP contribution is 2.51. The van der Waals surface area contributed by atoms with Crippen molar-refractivity contribution in [3.05, 3.63) is 34.9 Å². The Morgan fingerprint density at radius 2 is 2.00 bits per heavy atom. The fraction of sp³-hybridized carbons (Fsp3) is 0.579. The van der Waals surface area contributed by atoms with Gasteiger partial charge in [0, 0.05) is 18.4 Å². The smallest absolute Gasteiger partial charge is 0.330 e. The van der Waals surface area contributed by atoms with Crippen molar-refractivity contribution in [2.75, 3.05) is 6.61 Å². The SMILES string of the molecule is CCOC1CC(NC(=O)Cc2cc(C)ccc2C)(C(=O)O)C1(C)C. The summed E-state index contributed by atoms with van der Waals surface area (Å²) in [5.41, 5.74) is 1.09. The molecule has 0 bridgehead atoms. The molecule has 2 rings (SSSR count). The molecule has 1 aromatic carbocycles. The zero-order chi connectivity index (χ0) is 18.1. The lowest BCUT2D eigenvalue weighted by Gasteiger charge is -2.58. The zero-order valence-corrected chi connectivity index (χ0v) is 15.1. The highest BCUT2D eigenvalue weighted by molar-refractivity contribution is 5.90. The van der Waals surface area contributed by atoms with Gasteiger partial charge in [-0.2, -0.15) is 0 Å². The molecule has 1 saturated carbocycles. The van der Waals surface area contributed by atoms with Gasteiger partial charge in [-0.3, -0.25) is 4.79 Å². The van der Waals surface area contributed by atoms with Gasteiger partial charge >= 0.3 is 5.97 Å². The van der Waals surface area contributed by atoms with E-state index >= 15 is 0 Å². The molecule has 0 spiro atoms. The normalized spacial score (nSPS) is 25.0. The zero-order valence-electron chi connectivity index (χ0n) is 15.1. The molecule has 5 nitrogen and oxygen atoms in total. The molecule has 2 atom stereocenters. The van der Waals surface area contributed by atoms with E-state index in [1.807, 2.05) is 52.8 Å². The van der Waals surface area contributed by atoms with Gasteiger partial charge in [0.1, 0.15) is 5.54 Å². The Hall–Kier alpha value is -1.88. The highest BCUT2D eigenvalue weighted by Gasteiger charge is 2.66. The van der Waals surface area contributed by atoms with Crippen molar-refractivity contribution in [2.24, 2.45) is 5.41 Å². The minimum atomic E-state index is -1.28. The summed E-state index contributed by atoms with van der Waals surface area (Å²) < 4.78 is 5.62. The topological polar surface area (TPSA) is 75.6 Å². The maximum absolute atomic E-state index is 12.5. The number of hydrogen-bond acceptors (Lipinski definition) is 3. The second kappa shape index (κ2) is 6.55. The van der Waals surface area contributed by atoms with E-state index in [0.29, 0.717) is 13.0 Å². The summed E-state index contributed by atoms with van der Waals surface area (Å²) in [7, 11) is 0. The van der Waals surface area contributed by atoms with Gasteiger partial charge in [-0.25, -0.2) is 4.79 Å². The number of aryl methyl sites for hydroxylation is 2. The first-order valence-corrected chi connectivity index (χ1v) is 8.36. The van der Waals surface area contributed by atoms with Crippen LogP contribution in [0.2, 0.25) is 0 Å². The molecule has 0 heterocycles. The summed E-state index contributed by atoms with van der Waals surface area (Å²) in [6.45, 7) is 10.0. The maximum Gasteiger partial charge on any atom is 0.330 e. The van der Waals surface area contributed by atoms with E-state index in [0.717, 1.165) is 16.7 Å². The number of ether oxygens (including phenoxy) is 1. The molecule has 1 fully saturated rings. The largest absolute Gasteiger partial charge is 0.479 e. The number of carboxylic acids is 1. The van der Waals surface area contributed by atoms with Gasteiger partial charge in [0.15, 0.2) is 0 Å². The second-order valence-corrected chi connectivity index (χ2v) is 7.24. The number of nitrogens with one attached hydrogen (secondary N) is 1. The summed E-state index contributed by atoms with van der Waals surface area (Å²) in [4.78, 5) is 24.4. The van der Waals surface area contributed by atoms with Crippen LogP contribution in [-0.2, 0) is 20.7 Å². The van der Waals surface area contributed by atoms with E-state index in [9.17, 15) is 14.7 Å². The summed E-state index contributed by atoms with van der Waals surface area (Å²) in [5.74, 6) is -1.27. The van der Waals surface area contributed by atoms with Crippen LogP contribution in [0.3, 0.4) is 0 Å². The Kier molecular flexibility index (Phi) is 5.04. The molecule has 132 valence electrons. The molecular formula is C19H27NO4. The number of carbonyl (C=O) groups is 2. The lowest BCUT2D eigenvalue weighted by Crippen LogP contribution is -2.76. The molecule has 1 aliphatic rings. The van der Waals surface area contributed by atoms with Crippen LogP contribution in [-0.4, -0.2) is 35.2 Å². The molecule has 2 N–H and O–H groups in total. The minimum absolute atomic E-state index is 0.167. The van der Waals surface area contributed by atoms with Crippen molar-refractivity contribution >= 4 is 11.9 Å². The number of carboxylic acid groups (broad SMARTS) is 1. The molecule has 5 heteroatoms. The van der Waals surface area contributed by atoms with E-state index in [1.165, 1.54) is 0 Å². The number of aliphatic carboxylic acids is 1. The standard InChI is InChI=1S/C19H27NO4/c1-6-24-15-11-19(17(22)23,18(15,4)5)20-16(21)10-14-9-12(2)7-8-13(14)3/h7-9,15H,6,10-11H2,1-5H3,(H,20,21)(H,22,23). The Balaban J connectivity index is 2.16. The maximum atomic E-state index is 12.5. The predicted octanol–water partition coefficient (Wildman–Crippen LogP) is 2.62. The highest BCUT2D eigenvalue weighted by atomic mass is 16.5. The van der Waals surface area contributed by atoms with Crippen molar-refractivity contribution < 1.29 is 19.4 Å². The van der Waals surface area contributed by atoms with Gasteiger partial charge in [0.25, 0.3) is 0 Å². The van der Waals surface area contributed by atoms with Gasteiger partial charge in [-0.05, 0) is 31.9 Å². The molecule has 0 aromatic heterocycles. The number of hydrogen-bond donors (Lipinski definition) is 2. The molecule has 1 aromatic rings. The van der Waals surface area contributed by atoms with Gasteiger partial charge in [0.05, 0.1) is 12.5 Å². The fourth-order valence-corrected chi connectivity index (χ4v) is 3.48. The van der Waals surface area contributed by atoms with Crippen LogP contribution in [0.15, 0.2) is 18.2 Å². The van der Waals surface area contributed by atoms with Crippen LogP contribution in [0.4, 0.5) is 0 Å². The van der Waals surface area contributed by atoms with Crippen molar-refractivity contribution in [2.45, 2.75) is 59.1 Å². The van der Waals surface area contributed by atoms with Crippen molar-refractivity contribution in [1.29, 1.82) is 0 Å². The van der Waals surface area contributed by atoms with Crippen LogP contribution >= 0.6 is 0 Å². The summed E-state index contributed by atoms with van der Waals surface area (Å²) in [6.07, 6.45) is 0.305. The Morgan fingerprint density at radius 1 is 1.33 bits per heavy atom. The number of benzene rings is 1. The second-order valence-electron chi connectivity index (χ2n) is 7.24. The third kappa shape index (κ3) is 3.05. The van der Waals surface area contributed by atoms with Gasteiger partial charge in [-0.15, -0.1) is 0 Å². The van der Waals surface area contributed by atoms with Crippen LogP contribution in [0, 0.1) is 19.3 Å². The minimum Gasteiger partial charge on any atom is -0.479 e. The van der Waals surface area contributed by atoms with E-state index in [1.54, 1.807) is 0 Å². The van der Waals surface area contributed by atoms with Crippen molar-refractivity contribution in [1.82, 2.24) is 5.32 Å². The Labute approximate surface area is 143 Å². The average Bonchev–Trinajstić information content (AvgIpc) is 2.49. The van der Waals surface area contributed by atoms with E-state index in [4.69, 9.17) is 4.74 Å². The van der Waals surface area contributed by atoms with Gasteiger partial charge in [-0.1, -0.05) is 37.6 Å².